The van der Waals surface area contributed by atoms with Crippen LogP contribution in [0.5, 0.6) is 0 Å². The summed E-state index contributed by atoms with van der Waals surface area (Å²) < 4.78 is 30.2. The lowest BCUT2D eigenvalue weighted by atomic mass is 9.44. The fourth-order valence-electron chi connectivity index (χ4n) is 9.85. The van der Waals surface area contributed by atoms with E-state index in [0.717, 1.165) is 13.8 Å². The molecule has 15 nitrogen and oxygen atoms in total. The number of nitrogens with one attached hydrogen (secondary N) is 1. The molecule has 3 unspecified atom stereocenters. The number of ketones is 1. The third kappa shape index (κ3) is 7.32. The number of aliphatic hydroxyl groups is 3. The van der Waals surface area contributed by atoms with Gasteiger partial charge in [0.1, 0.15) is 23.9 Å². The molecule has 60 heavy (non-hydrogen) atoms. The van der Waals surface area contributed by atoms with Gasteiger partial charge >= 0.3 is 23.9 Å². The van der Waals surface area contributed by atoms with Gasteiger partial charge in [-0.05, 0) is 49.1 Å². The van der Waals surface area contributed by atoms with Crippen molar-refractivity contribution < 1.29 is 67.8 Å². The summed E-state index contributed by atoms with van der Waals surface area (Å²) in [7, 11) is 0. The number of hydrogen-bond donors (Lipinski definition) is 4. The topological polar surface area (TPSA) is 221 Å². The van der Waals surface area contributed by atoms with Crippen LogP contribution in [0.15, 0.2) is 71.8 Å². The molecule has 3 aliphatic carbocycles. The average Bonchev–Trinajstić information content (AvgIpc) is 3.20. The predicted octanol–water partition coefficient (Wildman–Crippen LogP) is 3.47. The molecule has 4 N–H and O–H groups in total. The first-order valence-electron chi connectivity index (χ1n) is 20.3. The Morgan fingerprint density at radius 1 is 0.933 bits per heavy atom. The minimum atomic E-state index is -2.37. The standard InChI is InChI=1S/C45H55NO14/c1-9-23(2)39(52)46-33(27-16-12-10-13-17-27)34(50)41(54)58-29-21-45(55)38(59-40(53)28-18-14-11-15-19-28)36-43(8,30(49)20-31-44(36,22-56-31)60-26(5)48)37(51)35(57-25(4)47)32(24(29)3)42(45,6)7/h10-19,23,29-31,33-36,38,49-50,55H,9,20-22H2,1-8H3,(H,46,52)/t23?,29-,30-,31+,33-,34+,35+,36?,38?,43+,44-,45+/m0/s1. The third-order valence-electron chi connectivity index (χ3n) is 13.5. The van der Waals surface area contributed by atoms with Crippen molar-refractivity contribution in [3.63, 3.8) is 0 Å². The molecule has 2 aromatic rings. The average molecular weight is 834 g/mol. The zero-order valence-electron chi connectivity index (χ0n) is 35.1. The smallest absolute Gasteiger partial charge is 0.338 e. The summed E-state index contributed by atoms with van der Waals surface area (Å²) in [5.41, 5.74) is -7.15. The summed E-state index contributed by atoms with van der Waals surface area (Å²) >= 11 is 0. The highest BCUT2D eigenvalue weighted by molar-refractivity contribution is 5.95. The van der Waals surface area contributed by atoms with Crippen LogP contribution in [-0.4, -0.2) is 105 Å². The molecule has 0 radical (unpaired) electrons. The lowest BCUT2D eigenvalue weighted by Gasteiger charge is -2.67. The van der Waals surface area contributed by atoms with Gasteiger partial charge in [0.2, 0.25) is 5.91 Å². The molecule has 1 amide bonds. The van der Waals surface area contributed by atoms with Crippen LogP contribution in [0.25, 0.3) is 0 Å². The number of aliphatic hydroxyl groups excluding tert-OH is 2. The number of amides is 1. The van der Waals surface area contributed by atoms with Gasteiger partial charge in [0.25, 0.3) is 0 Å². The highest BCUT2D eigenvalue weighted by Gasteiger charge is 2.78. The van der Waals surface area contributed by atoms with Crippen LogP contribution in [0, 0.1) is 22.7 Å². The Bertz CT molecular complexity index is 2050. The summed E-state index contributed by atoms with van der Waals surface area (Å²) in [5, 5.41) is 40.1. The lowest BCUT2D eigenvalue weighted by molar-refractivity contribution is -0.346. The highest BCUT2D eigenvalue weighted by atomic mass is 16.6. The number of rotatable bonds is 11. The molecule has 6 rings (SSSR count). The molecular formula is C45H55NO14. The van der Waals surface area contributed by atoms with Crippen LogP contribution in [0.3, 0.4) is 0 Å². The number of hydrogen-bond acceptors (Lipinski definition) is 14. The van der Waals surface area contributed by atoms with Crippen LogP contribution < -0.4 is 5.32 Å². The zero-order valence-corrected chi connectivity index (χ0v) is 35.1. The molecule has 0 spiro atoms. The molecular weight excluding hydrogens is 778 g/mol. The SMILES string of the molecule is CCC(C)C(=O)N[C@@H](c1ccccc1)[C@@H](O)C(=O)O[C@H]1C[C@@]2(O)C(OC(=O)c3ccccc3)C3[C@](C)(C(=O)[C@H](OC(C)=O)C(=C1C)C2(C)C)[C@@H](O)C[C@H]1OC[C@@]31OC(C)=O. The molecule has 3 fully saturated rings. The largest absolute Gasteiger partial charge is 0.456 e. The summed E-state index contributed by atoms with van der Waals surface area (Å²) in [5.74, 6) is -7.06. The Hall–Kier alpha value is -4.96. The first-order valence-corrected chi connectivity index (χ1v) is 20.3. The highest BCUT2D eigenvalue weighted by Crippen LogP contribution is 2.64. The van der Waals surface area contributed by atoms with Gasteiger partial charge in [-0.1, -0.05) is 76.2 Å². The van der Waals surface area contributed by atoms with Crippen molar-refractivity contribution in [3.8, 4) is 0 Å². The van der Waals surface area contributed by atoms with E-state index < -0.39 is 119 Å². The Kier molecular flexibility index (Phi) is 12.2. The molecule has 15 heteroatoms. The minimum absolute atomic E-state index is 0.00887. The van der Waals surface area contributed by atoms with Crippen molar-refractivity contribution in [1.29, 1.82) is 0 Å². The molecule has 12 atom stereocenters. The van der Waals surface area contributed by atoms with Gasteiger partial charge in [-0.2, -0.15) is 0 Å². The first kappa shape index (κ1) is 44.6. The van der Waals surface area contributed by atoms with Gasteiger partial charge in [0.05, 0.1) is 35.6 Å². The van der Waals surface area contributed by atoms with E-state index in [0.29, 0.717) is 12.0 Å². The van der Waals surface area contributed by atoms with Crippen LogP contribution in [0.1, 0.15) is 96.6 Å². The number of ether oxygens (including phenoxy) is 5. The van der Waals surface area contributed by atoms with Gasteiger partial charge in [-0.25, -0.2) is 9.59 Å². The van der Waals surface area contributed by atoms with Gasteiger partial charge in [-0.15, -0.1) is 0 Å². The molecule has 0 aromatic heterocycles. The van der Waals surface area contributed by atoms with Crippen molar-refractivity contribution in [2.24, 2.45) is 22.7 Å². The molecule has 1 heterocycles. The fourth-order valence-corrected chi connectivity index (χ4v) is 9.85. The zero-order chi connectivity index (χ0) is 44.1. The summed E-state index contributed by atoms with van der Waals surface area (Å²) in [6.07, 6.45) is -9.88. The number of carbonyl (C=O) groups excluding carboxylic acids is 6. The Morgan fingerprint density at radius 3 is 2.10 bits per heavy atom. The maximum Gasteiger partial charge on any atom is 0.338 e. The molecule has 2 bridgehead atoms. The second-order valence-corrected chi connectivity index (χ2v) is 17.3. The predicted molar refractivity (Wildman–Crippen MR) is 211 cm³/mol. The van der Waals surface area contributed by atoms with Crippen LogP contribution in [-0.2, 0) is 47.7 Å². The van der Waals surface area contributed by atoms with E-state index in [2.05, 4.69) is 5.32 Å². The number of Topliss-reactive ketones (excluding diaryl/α,β-unsaturated/α-hetero) is 1. The van der Waals surface area contributed by atoms with E-state index in [1.54, 1.807) is 69.3 Å². The van der Waals surface area contributed by atoms with Crippen molar-refractivity contribution >= 4 is 35.6 Å². The summed E-state index contributed by atoms with van der Waals surface area (Å²) in [6, 6.07) is 14.9. The van der Waals surface area contributed by atoms with E-state index in [1.807, 2.05) is 6.92 Å². The molecule has 324 valence electrons. The fraction of sp³-hybridized carbons (Fsp3) is 0.556. The number of benzene rings is 2. The van der Waals surface area contributed by atoms with Crippen LogP contribution in [0.2, 0.25) is 0 Å². The van der Waals surface area contributed by atoms with Gasteiger partial charge in [0, 0.05) is 38.0 Å². The summed E-state index contributed by atoms with van der Waals surface area (Å²) in [6.45, 7) is 11.5. The lowest BCUT2D eigenvalue weighted by Crippen LogP contribution is -2.82. The molecule has 2 aromatic carbocycles. The van der Waals surface area contributed by atoms with Crippen molar-refractivity contribution in [3.05, 3.63) is 82.9 Å². The van der Waals surface area contributed by atoms with Crippen LogP contribution >= 0.6 is 0 Å². The van der Waals surface area contributed by atoms with Gasteiger partial charge in [-0.3, -0.25) is 19.2 Å². The van der Waals surface area contributed by atoms with Gasteiger partial charge < -0.3 is 44.3 Å². The first-order chi connectivity index (χ1) is 28.1. The Morgan fingerprint density at radius 2 is 1.55 bits per heavy atom. The third-order valence-corrected chi connectivity index (χ3v) is 13.5. The number of fused-ring (bicyclic) bond motifs is 5. The maximum atomic E-state index is 15.4. The Labute approximate surface area is 348 Å². The maximum absolute atomic E-state index is 15.4. The van der Waals surface area contributed by atoms with Crippen LogP contribution in [0.4, 0.5) is 0 Å². The quantitative estimate of drug-likeness (QED) is 0.145. The number of esters is 4. The number of carbonyl (C=O) groups is 6. The molecule has 1 saturated heterocycles. The van der Waals surface area contributed by atoms with E-state index in [9.17, 15) is 39.3 Å². The van der Waals surface area contributed by atoms with E-state index in [1.165, 1.54) is 26.0 Å². The van der Waals surface area contributed by atoms with E-state index in [4.69, 9.17) is 23.7 Å². The van der Waals surface area contributed by atoms with Crippen molar-refractivity contribution in [1.82, 2.24) is 5.32 Å². The normalized spacial score (nSPS) is 33.1. The summed E-state index contributed by atoms with van der Waals surface area (Å²) in [4.78, 5) is 83.0. The van der Waals surface area contributed by atoms with E-state index >= 15 is 4.79 Å². The van der Waals surface area contributed by atoms with Crippen molar-refractivity contribution in [2.45, 2.75) is 129 Å². The Balaban J connectivity index is 1.55. The minimum Gasteiger partial charge on any atom is -0.456 e. The van der Waals surface area contributed by atoms with Crippen molar-refractivity contribution in [2.75, 3.05) is 6.61 Å². The molecule has 4 aliphatic rings. The molecule has 1 aliphatic heterocycles. The second kappa shape index (κ2) is 16.5. The second-order valence-electron chi connectivity index (χ2n) is 17.3. The van der Waals surface area contributed by atoms with E-state index in [-0.39, 0.29) is 29.7 Å². The van der Waals surface area contributed by atoms with Gasteiger partial charge in [0.15, 0.2) is 23.6 Å². The monoisotopic (exact) mass is 833 g/mol. The molecule has 2 saturated carbocycles.